The minimum absolute atomic E-state index is 0.164. The maximum absolute atomic E-state index is 11.0. The molecule has 0 radical (unpaired) electrons. The lowest BCUT2D eigenvalue weighted by Gasteiger charge is -2.26. The number of aliphatic hydroxyl groups excluding tert-OH is 1. The number of imidazole rings is 1. The number of hydrogen-bond donors (Lipinski definition) is 2. The van der Waals surface area contributed by atoms with Crippen LogP contribution in [-0.2, 0) is 0 Å². The largest absolute Gasteiger partial charge is 0.386 e. The predicted octanol–water partition coefficient (Wildman–Crippen LogP) is 5.26. The Kier molecular flexibility index (Phi) is 5.30. The fraction of sp³-hybridized carbons (Fsp3) is 0.286. The molecule has 0 spiro atoms. The van der Waals surface area contributed by atoms with Crippen molar-refractivity contribution in [3.8, 4) is 11.3 Å². The Balaban J connectivity index is 2.13. The van der Waals surface area contributed by atoms with Gasteiger partial charge in [-0.15, -0.1) is 12.6 Å². The van der Waals surface area contributed by atoms with Crippen LogP contribution in [0.4, 0.5) is 0 Å². The van der Waals surface area contributed by atoms with Gasteiger partial charge in [0.15, 0.2) is 0 Å². The molecule has 4 heteroatoms. The molecule has 2 unspecified atom stereocenters. The van der Waals surface area contributed by atoms with Crippen molar-refractivity contribution in [1.82, 2.24) is 9.55 Å². The summed E-state index contributed by atoms with van der Waals surface area (Å²) in [6.07, 6.45) is -0.622. The van der Waals surface area contributed by atoms with Crippen molar-refractivity contribution in [1.29, 1.82) is 0 Å². The topological polar surface area (TPSA) is 38.0 Å². The first-order chi connectivity index (χ1) is 12.0. The van der Waals surface area contributed by atoms with Crippen LogP contribution in [0, 0.1) is 0 Å². The van der Waals surface area contributed by atoms with E-state index in [2.05, 4.69) is 43.2 Å². The third kappa shape index (κ3) is 3.51. The zero-order valence-corrected chi connectivity index (χ0v) is 15.7. The number of hydrogen-bond acceptors (Lipinski definition) is 3. The molecule has 0 saturated carbocycles. The molecular formula is C21H24N2OS. The van der Waals surface area contributed by atoms with Gasteiger partial charge in [0.1, 0.15) is 10.9 Å². The Morgan fingerprint density at radius 1 is 0.920 bits per heavy atom. The van der Waals surface area contributed by atoms with Crippen molar-refractivity contribution in [2.75, 3.05) is 0 Å². The predicted molar refractivity (Wildman–Crippen MR) is 105 cm³/mol. The summed E-state index contributed by atoms with van der Waals surface area (Å²) in [6, 6.07) is 19.7. The lowest BCUT2D eigenvalue weighted by atomic mass is 10.0. The molecule has 3 nitrogen and oxygen atoms in total. The molecule has 0 aliphatic heterocycles. The summed E-state index contributed by atoms with van der Waals surface area (Å²) in [6.45, 7) is 6.26. The highest BCUT2D eigenvalue weighted by molar-refractivity contribution is 7.80. The molecule has 0 amide bonds. The molecule has 0 saturated heterocycles. The number of aliphatic hydroxyl groups is 1. The van der Waals surface area contributed by atoms with Crippen LogP contribution in [0.5, 0.6) is 0 Å². The first kappa shape index (κ1) is 17.8. The normalized spacial score (nSPS) is 13.8. The third-order valence-corrected chi connectivity index (χ3v) is 4.80. The Morgan fingerprint density at radius 3 is 2.04 bits per heavy atom. The van der Waals surface area contributed by atoms with E-state index in [1.807, 2.05) is 55.5 Å². The van der Waals surface area contributed by atoms with Crippen LogP contribution in [0.2, 0.25) is 0 Å². The molecule has 2 atom stereocenters. The highest BCUT2D eigenvalue weighted by Crippen LogP contribution is 2.37. The van der Waals surface area contributed by atoms with Crippen LogP contribution in [0.25, 0.3) is 11.3 Å². The summed E-state index contributed by atoms with van der Waals surface area (Å²) in [7, 11) is 0. The Bertz CT molecular complexity index is 828. The van der Waals surface area contributed by atoms with Gasteiger partial charge in [-0.25, -0.2) is 4.98 Å². The monoisotopic (exact) mass is 352 g/mol. The van der Waals surface area contributed by atoms with Gasteiger partial charge < -0.3 is 9.67 Å². The highest BCUT2D eigenvalue weighted by atomic mass is 32.1. The molecule has 0 aliphatic rings. The van der Waals surface area contributed by atoms with Gasteiger partial charge in [-0.2, -0.15) is 0 Å². The first-order valence-corrected chi connectivity index (χ1v) is 9.05. The zero-order chi connectivity index (χ0) is 18.0. The van der Waals surface area contributed by atoms with Crippen LogP contribution >= 0.6 is 12.6 Å². The summed E-state index contributed by atoms with van der Waals surface area (Å²) in [5, 5.41) is 11.7. The Morgan fingerprint density at radius 2 is 1.48 bits per heavy atom. The molecule has 1 N–H and O–H groups in total. The summed E-state index contributed by atoms with van der Waals surface area (Å²) in [5.41, 5.74) is 2.91. The molecule has 1 heterocycles. The number of thiol groups is 1. The zero-order valence-electron chi connectivity index (χ0n) is 14.8. The van der Waals surface area contributed by atoms with Crippen LogP contribution < -0.4 is 0 Å². The average molecular weight is 353 g/mol. The van der Waals surface area contributed by atoms with E-state index in [1.54, 1.807) is 0 Å². The van der Waals surface area contributed by atoms with Crippen LogP contribution in [0.3, 0.4) is 0 Å². The second-order valence-corrected chi connectivity index (χ2v) is 7.05. The molecule has 1 aromatic heterocycles. The lowest BCUT2D eigenvalue weighted by molar-refractivity contribution is 0.120. The van der Waals surface area contributed by atoms with E-state index in [-0.39, 0.29) is 12.0 Å². The molecule has 2 aromatic carbocycles. The summed E-state index contributed by atoms with van der Waals surface area (Å²) >= 11 is 4.63. The van der Waals surface area contributed by atoms with Crippen molar-refractivity contribution in [3.05, 3.63) is 72.1 Å². The number of benzene rings is 2. The number of aromatic nitrogens is 2. The number of rotatable bonds is 5. The van der Waals surface area contributed by atoms with Crippen molar-refractivity contribution in [2.24, 2.45) is 0 Å². The fourth-order valence-electron chi connectivity index (χ4n) is 3.19. The van der Waals surface area contributed by atoms with E-state index in [9.17, 15) is 5.11 Å². The molecule has 0 bridgehead atoms. The standard InChI is InChI=1S/C21H24N2OS/c1-14(2)20-22-21(25)18(16-10-6-4-7-11-16)23(20)15(3)19(24)17-12-8-5-9-13-17/h4-15,19,24-25H,1-3H3. The minimum atomic E-state index is -0.622. The maximum Gasteiger partial charge on any atom is 0.119 e. The summed E-state index contributed by atoms with van der Waals surface area (Å²) in [5.74, 6) is 1.17. The molecule has 25 heavy (non-hydrogen) atoms. The van der Waals surface area contributed by atoms with Gasteiger partial charge in [-0.05, 0) is 12.5 Å². The summed E-state index contributed by atoms with van der Waals surface area (Å²) in [4.78, 5) is 4.70. The van der Waals surface area contributed by atoms with Gasteiger partial charge in [0, 0.05) is 11.5 Å². The Labute approximate surface area is 154 Å². The van der Waals surface area contributed by atoms with Crippen LogP contribution in [-0.4, -0.2) is 14.7 Å². The van der Waals surface area contributed by atoms with E-state index in [0.717, 1.165) is 22.6 Å². The maximum atomic E-state index is 11.0. The van der Waals surface area contributed by atoms with Crippen LogP contribution in [0.1, 0.15) is 50.2 Å². The van der Waals surface area contributed by atoms with E-state index in [0.29, 0.717) is 5.03 Å². The van der Waals surface area contributed by atoms with Crippen molar-refractivity contribution in [3.63, 3.8) is 0 Å². The van der Waals surface area contributed by atoms with Gasteiger partial charge in [0.25, 0.3) is 0 Å². The van der Waals surface area contributed by atoms with Gasteiger partial charge >= 0.3 is 0 Å². The summed E-state index contributed by atoms with van der Waals surface area (Å²) < 4.78 is 2.14. The van der Waals surface area contributed by atoms with E-state index in [1.165, 1.54) is 0 Å². The second-order valence-electron chi connectivity index (χ2n) is 6.63. The van der Waals surface area contributed by atoms with Crippen molar-refractivity contribution in [2.45, 2.75) is 43.9 Å². The molecular weight excluding hydrogens is 328 g/mol. The van der Waals surface area contributed by atoms with Crippen LogP contribution in [0.15, 0.2) is 65.7 Å². The number of nitrogens with zero attached hydrogens (tertiary/aromatic N) is 2. The lowest BCUT2D eigenvalue weighted by Crippen LogP contribution is -2.19. The smallest absolute Gasteiger partial charge is 0.119 e. The SMILES string of the molecule is CC(C)c1nc(S)c(-c2ccccc2)n1C(C)C(O)c1ccccc1. The minimum Gasteiger partial charge on any atom is -0.386 e. The van der Waals surface area contributed by atoms with E-state index < -0.39 is 6.10 Å². The van der Waals surface area contributed by atoms with E-state index >= 15 is 0 Å². The van der Waals surface area contributed by atoms with E-state index in [4.69, 9.17) is 4.98 Å². The Hall–Kier alpha value is -2.04. The molecule has 130 valence electrons. The van der Waals surface area contributed by atoms with Crippen molar-refractivity contribution >= 4 is 12.6 Å². The molecule has 0 fully saturated rings. The van der Waals surface area contributed by atoms with Gasteiger partial charge in [0.05, 0.1) is 17.8 Å². The molecule has 3 rings (SSSR count). The second kappa shape index (κ2) is 7.46. The molecule has 0 aliphatic carbocycles. The highest BCUT2D eigenvalue weighted by Gasteiger charge is 2.27. The average Bonchev–Trinajstić information content (AvgIpc) is 2.99. The quantitative estimate of drug-likeness (QED) is 0.615. The van der Waals surface area contributed by atoms with Crippen molar-refractivity contribution < 1.29 is 5.11 Å². The van der Waals surface area contributed by atoms with Gasteiger partial charge in [0.2, 0.25) is 0 Å². The molecule has 3 aromatic rings. The fourth-order valence-corrected chi connectivity index (χ4v) is 3.53. The van der Waals surface area contributed by atoms with Gasteiger partial charge in [-0.3, -0.25) is 0 Å². The third-order valence-electron chi connectivity index (χ3n) is 4.49. The first-order valence-electron chi connectivity index (χ1n) is 8.60. The van der Waals surface area contributed by atoms with Gasteiger partial charge in [-0.1, -0.05) is 74.5 Å².